The fraction of sp³-hybridized carbons (Fsp3) is 0.588. The Labute approximate surface area is 141 Å². The van der Waals surface area contributed by atoms with Crippen LogP contribution in [0.1, 0.15) is 43.1 Å². The molecule has 0 unspecified atom stereocenters. The predicted octanol–water partition coefficient (Wildman–Crippen LogP) is 2.33. The summed E-state index contributed by atoms with van der Waals surface area (Å²) in [5.74, 6) is 1.42. The van der Waals surface area contributed by atoms with E-state index in [9.17, 15) is 4.79 Å². The quantitative estimate of drug-likeness (QED) is 0.840. The van der Waals surface area contributed by atoms with Gasteiger partial charge < -0.3 is 18.7 Å². The number of amides is 1. The van der Waals surface area contributed by atoms with Crippen LogP contribution in [0.4, 0.5) is 0 Å². The lowest BCUT2D eigenvalue weighted by Gasteiger charge is -2.33. The Morgan fingerprint density at radius 2 is 2.33 bits per heavy atom. The first-order valence-corrected chi connectivity index (χ1v) is 8.40. The minimum atomic E-state index is -0.289. The molecule has 1 aliphatic rings. The topological polar surface area (TPSA) is 73.4 Å². The van der Waals surface area contributed by atoms with E-state index >= 15 is 0 Å². The van der Waals surface area contributed by atoms with Crippen LogP contribution in [-0.4, -0.2) is 39.2 Å². The highest BCUT2D eigenvalue weighted by molar-refractivity contribution is 5.79. The zero-order valence-corrected chi connectivity index (χ0v) is 14.4. The molecular weight excluding hydrogens is 308 g/mol. The lowest BCUT2D eigenvalue weighted by molar-refractivity contribution is -0.145. The molecule has 2 atom stereocenters. The lowest BCUT2D eigenvalue weighted by atomic mass is 9.92. The summed E-state index contributed by atoms with van der Waals surface area (Å²) in [6.45, 7) is 5.81. The van der Waals surface area contributed by atoms with E-state index in [4.69, 9.17) is 9.26 Å². The second kappa shape index (κ2) is 7.17. The third-order valence-electron chi connectivity index (χ3n) is 4.43. The molecule has 0 aliphatic carbocycles. The second-order valence-corrected chi connectivity index (χ2v) is 6.23. The van der Waals surface area contributed by atoms with Crippen LogP contribution in [0.3, 0.4) is 0 Å². The summed E-state index contributed by atoms with van der Waals surface area (Å²) in [5, 5.41) is 3.96. The van der Waals surface area contributed by atoms with E-state index in [0.717, 1.165) is 36.7 Å². The zero-order valence-electron chi connectivity index (χ0n) is 14.4. The van der Waals surface area contributed by atoms with Crippen molar-refractivity contribution in [2.24, 2.45) is 5.92 Å². The smallest absolute Gasteiger partial charge is 0.228 e. The first-order valence-electron chi connectivity index (χ1n) is 8.40. The van der Waals surface area contributed by atoms with E-state index in [-0.39, 0.29) is 17.9 Å². The SMILES string of the molecule is CCn1ccnc1[C@@H]1OCCC[C@H]1C(=O)N(C)Cc1cc(C)on1. The monoisotopic (exact) mass is 332 g/mol. The maximum Gasteiger partial charge on any atom is 0.228 e. The van der Waals surface area contributed by atoms with E-state index in [1.807, 2.05) is 23.8 Å². The molecule has 0 saturated carbocycles. The average molecular weight is 332 g/mol. The molecule has 1 aliphatic heterocycles. The number of hydrogen-bond donors (Lipinski definition) is 0. The Morgan fingerprint density at radius 3 is 3.04 bits per heavy atom. The van der Waals surface area contributed by atoms with Gasteiger partial charge in [0.05, 0.1) is 12.5 Å². The van der Waals surface area contributed by atoms with Crippen molar-refractivity contribution in [3.05, 3.63) is 35.7 Å². The molecule has 7 nitrogen and oxygen atoms in total. The molecule has 0 radical (unpaired) electrons. The third kappa shape index (κ3) is 3.36. The summed E-state index contributed by atoms with van der Waals surface area (Å²) < 4.78 is 13.1. The van der Waals surface area contributed by atoms with Gasteiger partial charge in [-0.15, -0.1) is 0 Å². The van der Waals surface area contributed by atoms with E-state index < -0.39 is 0 Å². The maximum absolute atomic E-state index is 13.0. The van der Waals surface area contributed by atoms with Crippen LogP contribution in [0.25, 0.3) is 0 Å². The van der Waals surface area contributed by atoms with Gasteiger partial charge in [-0.05, 0) is 26.7 Å². The van der Waals surface area contributed by atoms with E-state index in [0.29, 0.717) is 13.2 Å². The minimum absolute atomic E-state index is 0.0611. The van der Waals surface area contributed by atoms with Crippen LogP contribution >= 0.6 is 0 Å². The number of hydrogen-bond acceptors (Lipinski definition) is 5. The van der Waals surface area contributed by atoms with Crippen molar-refractivity contribution in [1.29, 1.82) is 0 Å². The van der Waals surface area contributed by atoms with Crippen LogP contribution in [-0.2, 0) is 22.6 Å². The van der Waals surface area contributed by atoms with Crippen molar-refractivity contribution in [3.8, 4) is 0 Å². The number of aryl methyl sites for hydroxylation is 2. The summed E-state index contributed by atoms with van der Waals surface area (Å²) in [7, 11) is 1.80. The van der Waals surface area contributed by atoms with Gasteiger partial charge in [0.1, 0.15) is 23.4 Å². The second-order valence-electron chi connectivity index (χ2n) is 6.23. The van der Waals surface area contributed by atoms with Crippen LogP contribution in [0.5, 0.6) is 0 Å². The maximum atomic E-state index is 13.0. The molecular formula is C17H24N4O3. The lowest BCUT2D eigenvalue weighted by Crippen LogP contribution is -2.39. The van der Waals surface area contributed by atoms with Crippen LogP contribution < -0.4 is 0 Å². The number of ether oxygens (including phenoxy) is 1. The Morgan fingerprint density at radius 1 is 1.50 bits per heavy atom. The highest BCUT2D eigenvalue weighted by Crippen LogP contribution is 2.34. The summed E-state index contributed by atoms with van der Waals surface area (Å²) in [5.41, 5.74) is 0.756. The van der Waals surface area contributed by atoms with Gasteiger partial charge in [-0.3, -0.25) is 4.79 Å². The first kappa shape index (κ1) is 16.7. The summed E-state index contributed by atoms with van der Waals surface area (Å²) in [4.78, 5) is 19.1. The van der Waals surface area contributed by atoms with Gasteiger partial charge >= 0.3 is 0 Å². The highest BCUT2D eigenvalue weighted by atomic mass is 16.5. The first-order chi connectivity index (χ1) is 11.6. The number of rotatable bonds is 5. The van der Waals surface area contributed by atoms with Gasteiger partial charge in [-0.2, -0.15) is 0 Å². The van der Waals surface area contributed by atoms with Crippen molar-refractivity contribution in [3.63, 3.8) is 0 Å². The summed E-state index contributed by atoms with van der Waals surface area (Å²) >= 11 is 0. The van der Waals surface area contributed by atoms with E-state index in [1.165, 1.54) is 0 Å². The minimum Gasteiger partial charge on any atom is -0.369 e. The molecule has 1 saturated heterocycles. The molecule has 1 fully saturated rings. The Bertz CT molecular complexity index is 694. The van der Waals surface area contributed by atoms with Gasteiger partial charge in [0.25, 0.3) is 0 Å². The molecule has 2 aromatic rings. The standard InChI is InChI=1S/C17H24N4O3/c1-4-21-8-7-18-16(21)15-14(6-5-9-23-15)17(22)20(3)11-13-10-12(2)24-19-13/h7-8,10,14-15H,4-6,9,11H2,1-3H3/t14-,15-/m1/s1. The van der Waals surface area contributed by atoms with Crippen molar-refractivity contribution in [2.45, 2.75) is 45.9 Å². The fourth-order valence-corrected chi connectivity index (χ4v) is 3.23. The van der Waals surface area contributed by atoms with Gasteiger partial charge in [0.2, 0.25) is 5.91 Å². The molecule has 3 rings (SSSR count). The number of carbonyl (C=O) groups is 1. The Balaban J connectivity index is 1.75. The fourth-order valence-electron chi connectivity index (χ4n) is 3.23. The predicted molar refractivity (Wildman–Crippen MR) is 87.0 cm³/mol. The van der Waals surface area contributed by atoms with Crippen LogP contribution in [0, 0.1) is 12.8 Å². The van der Waals surface area contributed by atoms with Crippen molar-refractivity contribution < 1.29 is 14.1 Å². The highest BCUT2D eigenvalue weighted by Gasteiger charge is 2.37. The van der Waals surface area contributed by atoms with Gasteiger partial charge in [-0.25, -0.2) is 4.98 Å². The largest absolute Gasteiger partial charge is 0.369 e. The molecule has 7 heteroatoms. The number of aromatic nitrogens is 3. The van der Waals surface area contributed by atoms with Crippen molar-refractivity contribution in [2.75, 3.05) is 13.7 Å². The van der Waals surface area contributed by atoms with Crippen LogP contribution in [0.2, 0.25) is 0 Å². The average Bonchev–Trinajstić information content (AvgIpc) is 3.22. The van der Waals surface area contributed by atoms with Crippen molar-refractivity contribution >= 4 is 5.91 Å². The number of imidazole rings is 1. The number of carbonyl (C=O) groups excluding carboxylic acids is 1. The normalized spacial score (nSPS) is 21.0. The number of nitrogens with zero attached hydrogens (tertiary/aromatic N) is 4. The summed E-state index contributed by atoms with van der Waals surface area (Å²) in [6.07, 6.45) is 5.10. The van der Waals surface area contributed by atoms with Gasteiger partial charge in [0.15, 0.2) is 0 Å². The zero-order chi connectivity index (χ0) is 17.1. The van der Waals surface area contributed by atoms with Gasteiger partial charge in [-0.1, -0.05) is 5.16 Å². The Kier molecular flexibility index (Phi) is 4.99. The molecule has 130 valence electrons. The molecule has 2 aromatic heterocycles. The molecule has 0 spiro atoms. The molecule has 0 bridgehead atoms. The molecule has 0 N–H and O–H groups in total. The van der Waals surface area contributed by atoms with E-state index in [2.05, 4.69) is 17.1 Å². The third-order valence-corrected chi connectivity index (χ3v) is 4.43. The van der Waals surface area contributed by atoms with Crippen molar-refractivity contribution in [1.82, 2.24) is 19.6 Å². The summed E-state index contributed by atoms with van der Waals surface area (Å²) in [6, 6.07) is 1.85. The van der Waals surface area contributed by atoms with E-state index in [1.54, 1.807) is 18.1 Å². The molecule has 3 heterocycles. The van der Waals surface area contributed by atoms with Crippen LogP contribution in [0.15, 0.2) is 23.0 Å². The van der Waals surface area contributed by atoms with Gasteiger partial charge in [0, 0.05) is 38.7 Å². The molecule has 0 aromatic carbocycles. The Hall–Kier alpha value is -2.15. The molecule has 24 heavy (non-hydrogen) atoms. The molecule has 1 amide bonds.